The van der Waals surface area contributed by atoms with Crippen molar-refractivity contribution in [2.45, 2.75) is 20.0 Å². The van der Waals surface area contributed by atoms with Gasteiger partial charge in [-0.05, 0) is 23.6 Å². The summed E-state index contributed by atoms with van der Waals surface area (Å²) in [5, 5.41) is 17.2. The molecule has 0 heterocycles. The minimum absolute atomic E-state index is 0. The molecule has 0 atom stereocenters. The largest absolute Gasteiger partial charge is 0.353 e. The second-order valence-electron chi connectivity index (χ2n) is 5.54. The molecule has 0 spiro atoms. The maximum Gasteiger partial charge on any atom is 0.269 e. The van der Waals surface area contributed by atoms with E-state index in [0.717, 1.165) is 5.56 Å². The summed E-state index contributed by atoms with van der Waals surface area (Å²) >= 11 is 0. The van der Waals surface area contributed by atoms with E-state index in [1.165, 1.54) is 23.3 Å². The highest BCUT2D eigenvalue weighted by atomic mass is 127. The number of nitro groups is 1. The molecule has 2 rings (SSSR count). The van der Waals surface area contributed by atoms with Gasteiger partial charge in [-0.25, -0.2) is 4.99 Å². The highest BCUT2D eigenvalue weighted by molar-refractivity contribution is 14.0. The topological polar surface area (TPSA) is 79.6 Å². The van der Waals surface area contributed by atoms with Gasteiger partial charge in [0, 0.05) is 25.2 Å². The lowest BCUT2D eigenvalue weighted by Crippen LogP contribution is -2.37. The van der Waals surface area contributed by atoms with Gasteiger partial charge in [0.25, 0.3) is 5.69 Å². The molecule has 2 N–H and O–H groups in total. The summed E-state index contributed by atoms with van der Waals surface area (Å²) in [6.45, 7) is 7.46. The first-order valence-corrected chi connectivity index (χ1v) is 8.01. The number of non-ortho nitro benzene ring substituents is 1. The summed E-state index contributed by atoms with van der Waals surface area (Å²) in [5.41, 5.74) is 3.40. The molecule has 7 heteroatoms. The van der Waals surface area contributed by atoms with Crippen molar-refractivity contribution in [2.24, 2.45) is 4.99 Å². The molecule has 0 aromatic heterocycles. The van der Waals surface area contributed by atoms with Gasteiger partial charge in [-0.3, -0.25) is 10.1 Å². The Morgan fingerprint density at radius 2 is 1.88 bits per heavy atom. The van der Waals surface area contributed by atoms with Gasteiger partial charge >= 0.3 is 0 Å². The fourth-order valence-corrected chi connectivity index (χ4v) is 2.22. The zero-order valence-corrected chi connectivity index (χ0v) is 17.0. The quantitative estimate of drug-likeness (QED) is 0.162. The molecule has 6 nitrogen and oxygen atoms in total. The second-order valence-corrected chi connectivity index (χ2v) is 5.54. The SMILES string of the molecule is C=CCNC(=NCc1ccc([N+](=O)[O-])cc1)NCc1ccccc1C.I. The average Bonchev–Trinajstić information content (AvgIpc) is 2.62. The van der Waals surface area contributed by atoms with Crippen LogP contribution in [0.2, 0.25) is 0 Å². The molecule has 2 aromatic rings. The van der Waals surface area contributed by atoms with Gasteiger partial charge in [-0.1, -0.05) is 42.5 Å². The molecular weight excluding hydrogens is 443 g/mol. The lowest BCUT2D eigenvalue weighted by molar-refractivity contribution is -0.384. The highest BCUT2D eigenvalue weighted by Gasteiger charge is 2.04. The average molecular weight is 466 g/mol. The Kier molecular flexibility index (Phi) is 9.35. The molecule has 0 unspecified atom stereocenters. The Labute approximate surface area is 170 Å². The van der Waals surface area contributed by atoms with Gasteiger partial charge in [0.15, 0.2) is 5.96 Å². The van der Waals surface area contributed by atoms with Crippen molar-refractivity contribution in [3.05, 3.63) is 88.0 Å². The number of guanidine groups is 1. The number of halogens is 1. The van der Waals surface area contributed by atoms with Crippen molar-refractivity contribution < 1.29 is 4.92 Å². The summed E-state index contributed by atoms with van der Waals surface area (Å²) in [6.07, 6.45) is 1.76. The predicted molar refractivity (Wildman–Crippen MR) is 116 cm³/mol. The molecule has 0 saturated carbocycles. The molecule has 0 aliphatic rings. The van der Waals surface area contributed by atoms with Crippen molar-refractivity contribution in [1.82, 2.24) is 10.6 Å². The van der Waals surface area contributed by atoms with Crippen LogP contribution in [0, 0.1) is 17.0 Å². The fraction of sp³-hybridized carbons (Fsp3) is 0.211. The van der Waals surface area contributed by atoms with Crippen LogP contribution in [0.5, 0.6) is 0 Å². The zero-order chi connectivity index (χ0) is 18.1. The summed E-state index contributed by atoms with van der Waals surface area (Å²) in [5.74, 6) is 0.668. The van der Waals surface area contributed by atoms with E-state index < -0.39 is 4.92 Å². The van der Waals surface area contributed by atoms with Crippen molar-refractivity contribution in [3.63, 3.8) is 0 Å². The van der Waals surface area contributed by atoms with Crippen LogP contribution in [0.3, 0.4) is 0 Å². The number of nitrogens with zero attached hydrogens (tertiary/aromatic N) is 2. The maximum atomic E-state index is 10.7. The van der Waals surface area contributed by atoms with Crippen LogP contribution >= 0.6 is 24.0 Å². The Bertz CT molecular complexity index is 760. The predicted octanol–water partition coefficient (Wildman–Crippen LogP) is 3.94. The molecule has 0 amide bonds. The first kappa shape index (κ1) is 21.6. The molecule has 0 bridgehead atoms. The van der Waals surface area contributed by atoms with Crippen LogP contribution in [0.15, 0.2) is 66.2 Å². The summed E-state index contributed by atoms with van der Waals surface area (Å²) in [7, 11) is 0. The fourth-order valence-electron chi connectivity index (χ4n) is 2.22. The van der Waals surface area contributed by atoms with Crippen molar-refractivity contribution in [2.75, 3.05) is 6.54 Å². The van der Waals surface area contributed by atoms with Crippen molar-refractivity contribution >= 4 is 35.6 Å². The van der Waals surface area contributed by atoms with Crippen molar-refractivity contribution in [1.29, 1.82) is 0 Å². The molecule has 0 saturated heterocycles. The number of nitro benzene ring substituents is 1. The normalized spacial score (nSPS) is 10.6. The molecule has 0 aliphatic heterocycles. The van der Waals surface area contributed by atoms with E-state index in [9.17, 15) is 10.1 Å². The third kappa shape index (κ3) is 6.83. The van der Waals surface area contributed by atoms with Crippen LogP contribution in [0.4, 0.5) is 5.69 Å². The lowest BCUT2D eigenvalue weighted by atomic mass is 10.1. The number of rotatable bonds is 7. The van der Waals surface area contributed by atoms with Crippen LogP contribution < -0.4 is 10.6 Å². The van der Waals surface area contributed by atoms with Gasteiger partial charge < -0.3 is 10.6 Å². The summed E-state index contributed by atoms with van der Waals surface area (Å²) in [6, 6.07) is 14.6. The highest BCUT2D eigenvalue weighted by Crippen LogP contribution is 2.12. The van der Waals surface area contributed by atoms with E-state index in [-0.39, 0.29) is 29.7 Å². The standard InChI is InChI=1S/C19H22N4O2.HI/c1-3-12-20-19(22-14-17-7-5-4-6-15(17)2)21-13-16-8-10-18(11-9-16)23(24)25;/h3-11H,1,12-14H2,2H3,(H2,20,21,22);1H. The Balaban J connectivity index is 0.00000338. The number of aliphatic imine (C=N–C) groups is 1. The smallest absolute Gasteiger partial charge is 0.269 e. The van der Waals surface area contributed by atoms with E-state index >= 15 is 0 Å². The maximum absolute atomic E-state index is 10.7. The van der Waals surface area contributed by atoms with Gasteiger partial charge in [-0.2, -0.15) is 0 Å². The Morgan fingerprint density at radius 1 is 1.19 bits per heavy atom. The van der Waals surface area contributed by atoms with E-state index in [0.29, 0.717) is 25.6 Å². The zero-order valence-electron chi connectivity index (χ0n) is 14.6. The van der Waals surface area contributed by atoms with Gasteiger partial charge in [0.1, 0.15) is 0 Å². The van der Waals surface area contributed by atoms with E-state index in [2.05, 4.69) is 41.3 Å². The molecule has 138 valence electrons. The molecule has 26 heavy (non-hydrogen) atoms. The van der Waals surface area contributed by atoms with Crippen molar-refractivity contribution in [3.8, 4) is 0 Å². The monoisotopic (exact) mass is 466 g/mol. The molecule has 0 aliphatic carbocycles. The summed E-state index contributed by atoms with van der Waals surface area (Å²) < 4.78 is 0. The van der Waals surface area contributed by atoms with Gasteiger partial charge in [0.05, 0.1) is 11.5 Å². The Morgan fingerprint density at radius 3 is 2.50 bits per heavy atom. The Hall–Kier alpha value is -2.42. The number of benzene rings is 2. The number of hydrogen-bond donors (Lipinski definition) is 2. The molecular formula is C19H23IN4O2. The second kappa shape index (κ2) is 11.2. The minimum Gasteiger partial charge on any atom is -0.353 e. The number of nitrogens with one attached hydrogen (secondary N) is 2. The number of aryl methyl sites for hydroxylation is 1. The minimum atomic E-state index is -0.409. The number of hydrogen-bond acceptors (Lipinski definition) is 3. The van der Waals surface area contributed by atoms with Crippen LogP contribution in [-0.4, -0.2) is 17.4 Å². The summed E-state index contributed by atoms with van der Waals surface area (Å²) in [4.78, 5) is 14.8. The molecule has 0 fully saturated rings. The van der Waals surface area contributed by atoms with Crippen LogP contribution in [0.1, 0.15) is 16.7 Å². The first-order valence-electron chi connectivity index (χ1n) is 8.01. The molecule has 2 aromatic carbocycles. The van der Waals surface area contributed by atoms with Gasteiger partial charge in [-0.15, -0.1) is 30.6 Å². The first-order chi connectivity index (χ1) is 12.1. The molecule has 0 radical (unpaired) electrons. The lowest BCUT2D eigenvalue weighted by Gasteiger charge is -2.13. The van der Waals surface area contributed by atoms with E-state index in [4.69, 9.17) is 0 Å². The van der Waals surface area contributed by atoms with Crippen LogP contribution in [-0.2, 0) is 13.1 Å². The van der Waals surface area contributed by atoms with Crippen LogP contribution in [0.25, 0.3) is 0 Å². The van der Waals surface area contributed by atoms with Gasteiger partial charge in [0.2, 0.25) is 0 Å². The third-order valence-corrected chi connectivity index (χ3v) is 3.69. The van der Waals surface area contributed by atoms with E-state index in [1.807, 2.05) is 12.1 Å². The van der Waals surface area contributed by atoms with E-state index in [1.54, 1.807) is 18.2 Å². The third-order valence-electron chi connectivity index (χ3n) is 3.69.